The zero-order valence-corrected chi connectivity index (χ0v) is 16.3. The number of nitrogens with zero attached hydrogens (tertiary/aromatic N) is 1. The third-order valence-electron chi connectivity index (χ3n) is 4.65. The number of carbonyl (C=O) groups excluding carboxylic acids is 1. The molecule has 7 nitrogen and oxygen atoms in total. The predicted octanol–water partition coefficient (Wildman–Crippen LogP) is 1.46. The second-order valence-corrected chi connectivity index (χ2v) is 7.69. The van der Waals surface area contributed by atoms with Crippen molar-refractivity contribution in [1.82, 2.24) is 5.32 Å². The van der Waals surface area contributed by atoms with Gasteiger partial charge in [-0.1, -0.05) is 30.3 Å². The number of carbonyl (C=O) groups is 1. The van der Waals surface area contributed by atoms with E-state index in [4.69, 9.17) is 4.74 Å². The monoisotopic (exact) mass is 402 g/mol. The molecule has 1 aliphatic rings. The molecule has 148 valence electrons. The maximum absolute atomic E-state index is 12.5. The number of hydrogen-bond acceptors (Lipinski definition) is 5. The molecule has 0 saturated carbocycles. The van der Waals surface area contributed by atoms with Crippen molar-refractivity contribution in [2.24, 2.45) is 0 Å². The van der Waals surface area contributed by atoms with Gasteiger partial charge in [0.15, 0.2) is 0 Å². The van der Waals surface area contributed by atoms with Crippen molar-refractivity contribution >= 4 is 23.4 Å². The molecule has 2 N–H and O–H groups in total. The maximum atomic E-state index is 12.5. The molecule has 3 rings (SSSR count). The fraction of sp³-hybridized carbons (Fsp3) is 0.350. The van der Waals surface area contributed by atoms with Crippen LogP contribution < -0.4 is 10.2 Å². The lowest BCUT2D eigenvalue weighted by Crippen LogP contribution is -3.14. The molecule has 0 aliphatic carbocycles. The van der Waals surface area contributed by atoms with E-state index >= 15 is 0 Å². The summed E-state index contributed by atoms with van der Waals surface area (Å²) in [6.45, 7) is 4.20. The second kappa shape index (κ2) is 10.2. The maximum Gasteiger partial charge on any atom is 0.269 e. The van der Waals surface area contributed by atoms with Crippen LogP contribution in [0.3, 0.4) is 0 Å². The van der Waals surface area contributed by atoms with Crippen LogP contribution in [0.15, 0.2) is 59.5 Å². The van der Waals surface area contributed by atoms with E-state index < -0.39 is 4.92 Å². The quantitative estimate of drug-likeness (QED) is 0.397. The van der Waals surface area contributed by atoms with Crippen LogP contribution >= 0.6 is 11.8 Å². The van der Waals surface area contributed by atoms with Gasteiger partial charge >= 0.3 is 0 Å². The molecular formula is C20H24N3O4S+. The van der Waals surface area contributed by atoms with Crippen molar-refractivity contribution in [2.45, 2.75) is 10.9 Å². The Morgan fingerprint density at radius 1 is 1.14 bits per heavy atom. The third-order valence-corrected chi connectivity index (χ3v) is 5.66. The van der Waals surface area contributed by atoms with E-state index in [0.717, 1.165) is 43.3 Å². The molecule has 0 unspecified atom stereocenters. The molecular weight excluding hydrogens is 378 g/mol. The van der Waals surface area contributed by atoms with E-state index in [2.05, 4.69) is 5.32 Å². The van der Waals surface area contributed by atoms with E-state index in [1.165, 1.54) is 28.8 Å². The first-order valence-corrected chi connectivity index (χ1v) is 10.2. The highest BCUT2D eigenvalue weighted by molar-refractivity contribution is 8.00. The number of nitro benzene ring substituents is 1. The van der Waals surface area contributed by atoms with Gasteiger partial charge in [-0.15, -0.1) is 11.8 Å². The highest BCUT2D eigenvalue weighted by atomic mass is 32.2. The number of quaternary nitrogens is 1. The molecule has 28 heavy (non-hydrogen) atoms. The van der Waals surface area contributed by atoms with Gasteiger partial charge in [0.05, 0.1) is 23.9 Å². The zero-order valence-electron chi connectivity index (χ0n) is 15.5. The molecule has 2 aromatic rings. The Morgan fingerprint density at radius 2 is 1.82 bits per heavy atom. The molecule has 0 aromatic heterocycles. The molecule has 8 heteroatoms. The number of nitrogens with one attached hydrogen (secondary N) is 2. The van der Waals surface area contributed by atoms with Gasteiger partial charge in [0, 0.05) is 17.0 Å². The number of morpholine rings is 1. The van der Waals surface area contributed by atoms with Crippen LogP contribution in [0.4, 0.5) is 5.69 Å². The Hall–Kier alpha value is -2.42. The molecule has 1 amide bonds. The van der Waals surface area contributed by atoms with Gasteiger partial charge in [-0.05, 0) is 17.7 Å². The van der Waals surface area contributed by atoms with Crippen LogP contribution in [-0.2, 0) is 9.53 Å². The fourth-order valence-electron chi connectivity index (χ4n) is 3.14. The van der Waals surface area contributed by atoms with Crippen molar-refractivity contribution in [3.63, 3.8) is 0 Å². The third kappa shape index (κ3) is 6.05. The number of ether oxygens (including phenoxy) is 1. The van der Waals surface area contributed by atoms with Crippen molar-refractivity contribution < 1.29 is 19.4 Å². The number of benzene rings is 2. The average Bonchev–Trinajstić information content (AvgIpc) is 2.73. The van der Waals surface area contributed by atoms with Gasteiger partial charge in [0.25, 0.3) is 5.69 Å². The number of hydrogen-bond donors (Lipinski definition) is 2. The summed E-state index contributed by atoms with van der Waals surface area (Å²) in [5.41, 5.74) is 1.14. The second-order valence-electron chi connectivity index (χ2n) is 6.64. The summed E-state index contributed by atoms with van der Waals surface area (Å²) in [5.74, 6) is 0.212. The smallest absolute Gasteiger partial charge is 0.269 e. The highest BCUT2D eigenvalue weighted by Gasteiger charge is 2.22. The first kappa shape index (κ1) is 20.3. The minimum absolute atomic E-state index is 0.0476. The predicted molar refractivity (Wildman–Crippen MR) is 108 cm³/mol. The SMILES string of the molecule is O=C(CSc1ccc([N+](=O)[O-])cc1)N[C@@H](C[NH+]1CCOCC1)c1ccccc1. The van der Waals surface area contributed by atoms with Crippen LogP contribution in [0.5, 0.6) is 0 Å². The Bertz CT molecular complexity index is 780. The van der Waals surface area contributed by atoms with Gasteiger partial charge in [-0.25, -0.2) is 0 Å². The van der Waals surface area contributed by atoms with Gasteiger partial charge < -0.3 is 15.0 Å². The lowest BCUT2D eigenvalue weighted by atomic mass is 10.1. The zero-order chi connectivity index (χ0) is 19.8. The number of non-ortho nitro benzene ring substituents is 1. The van der Waals surface area contributed by atoms with Gasteiger partial charge in [-0.2, -0.15) is 0 Å². The molecule has 2 aromatic carbocycles. The normalized spacial score (nSPS) is 15.7. The number of nitro groups is 1. The van der Waals surface area contributed by atoms with E-state index in [0.29, 0.717) is 0 Å². The number of thioether (sulfide) groups is 1. The lowest BCUT2D eigenvalue weighted by Gasteiger charge is -2.28. The summed E-state index contributed by atoms with van der Waals surface area (Å²) >= 11 is 1.37. The Kier molecular flexibility index (Phi) is 7.41. The fourth-order valence-corrected chi connectivity index (χ4v) is 3.85. The van der Waals surface area contributed by atoms with Gasteiger partial charge in [-0.3, -0.25) is 14.9 Å². The Morgan fingerprint density at radius 3 is 2.46 bits per heavy atom. The minimum Gasteiger partial charge on any atom is -0.370 e. The van der Waals surface area contributed by atoms with Crippen LogP contribution in [-0.4, -0.2) is 49.4 Å². The van der Waals surface area contributed by atoms with Gasteiger partial charge in [0.2, 0.25) is 5.91 Å². The van der Waals surface area contributed by atoms with Crippen LogP contribution in [0.2, 0.25) is 0 Å². The standard InChI is InChI=1S/C20H23N3O4S/c24-20(15-28-18-8-6-17(7-9-18)23(25)26)21-19(16-4-2-1-3-5-16)14-22-10-12-27-13-11-22/h1-9,19H,10-15H2,(H,21,24)/p+1/t19-/m0/s1. The van der Waals surface area contributed by atoms with Crippen molar-refractivity contribution in [1.29, 1.82) is 0 Å². The molecule has 1 atom stereocenters. The van der Waals surface area contributed by atoms with Crippen LogP contribution in [0, 0.1) is 10.1 Å². The van der Waals surface area contributed by atoms with E-state index in [-0.39, 0.29) is 23.4 Å². The molecule has 0 bridgehead atoms. The Labute approximate surface area is 168 Å². The number of amides is 1. The summed E-state index contributed by atoms with van der Waals surface area (Å²) in [4.78, 5) is 25.1. The molecule has 1 aliphatic heterocycles. The first-order chi connectivity index (χ1) is 13.6. The van der Waals surface area contributed by atoms with Crippen molar-refractivity contribution in [3.05, 3.63) is 70.3 Å². The van der Waals surface area contributed by atoms with Gasteiger partial charge in [0.1, 0.15) is 25.7 Å². The molecule has 1 saturated heterocycles. The summed E-state index contributed by atoms with van der Waals surface area (Å²) in [6, 6.07) is 16.2. The summed E-state index contributed by atoms with van der Waals surface area (Å²) in [7, 11) is 0. The number of rotatable bonds is 8. The van der Waals surface area contributed by atoms with Crippen LogP contribution in [0.1, 0.15) is 11.6 Å². The Balaban J connectivity index is 1.57. The van der Waals surface area contributed by atoms with E-state index in [1.807, 2.05) is 30.3 Å². The molecule has 0 spiro atoms. The van der Waals surface area contributed by atoms with Crippen molar-refractivity contribution in [2.75, 3.05) is 38.6 Å². The highest BCUT2D eigenvalue weighted by Crippen LogP contribution is 2.21. The average molecular weight is 402 g/mol. The molecule has 1 fully saturated rings. The summed E-state index contributed by atoms with van der Waals surface area (Å²) in [6.07, 6.45) is 0. The summed E-state index contributed by atoms with van der Waals surface area (Å²) < 4.78 is 5.43. The van der Waals surface area contributed by atoms with E-state index in [9.17, 15) is 14.9 Å². The molecule has 1 heterocycles. The van der Waals surface area contributed by atoms with Crippen molar-refractivity contribution in [3.8, 4) is 0 Å². The molecule has 0 radical (unpaired) electrons. The van der Waals surface area contributed by atoms with E-state index in [1.54, 1.807) is 12.1 Å². The largest absolute Gasteiger partial charge is 0.370 e. The first-order valence-electron chi connectivity index (χ1n) is 9.24. The summed E-state index contributed by atoms with van der Waals surface area (Å²) in [5, 5.41) is 13.9. The lowest BCUT2D eigenvalue weighted by molar-refractivity contribution is -0.909. The minimum atomic E-state index is -0.431. The topological polar surface area (TPSA) is 85.9 Å². The van der Waals surface area contributed by atoms with Crippen LogP contribution in [0.25, 0.3) is 0 Å².